The second-order valence-corrected chi connectivity index (χ2v) is 8.93. The van der Waals surface area contributed by atoms with Crippen molar-refractivity contribution in [3.8, 4) is 0 Å². The summed E-state index contributed by atoms with van der Waals surface area (Å²) in [5, 5.41) is 6.96. The van der Waals surface area contributed by atoms with Gasteiger partial charge in [-0.1, -0.05) is 35.1 Å². The number of methoxy groups -OCH3 is 1. The van der Waals surface area contributed by atoms with Gasteiger partial charge in [-0.15, -0.1) is 0 Å². The van der Waals surface area contributed by atoms with Crippen molar-refractivity contribution in [1.82, 2.24) is 19.9 Å². The molecule has 11 heteroatoms. The van der Waals surface area contributed by atoms with Crippen LogP contribution < -0.4 is 15.5 Å². The lowest BCUT2D eigenvalue weighted by Gasteiger charge is -2.24. The molecule has 1 amide bonds. The lowest BCUT2D eigenvalue weighted by Crippen LogP contribution is -2.34. The Morgan fingerprint density at radius 2 is 2.16 bits per heavy atom. The van der Waals surface area contributed by atoms with Gasteiger partial charge in [0.1, 0.15) is 10.7 Å². The number of carbonyl (C=O) groups is 1. The zero-order chi connectivity index (χ0) is 22.7. The quantitative estimate of drug-likeness (QED) is 0.525. The zero-order valence-corrected chi connectivity index (χ0v) is 19.6. The van der Waals surface area contributed by atoms with Gasteiger partial charge in [-0.05, 0) is 38.3 Å². The van der Waals surface area contributed by atoms with Crippen LogP contribution in [0.5, 0.6) is 0 Å². The van der Waals surface area contributed by atoms with Crippen LogP contribution in [0.4, 0.5) is 22.7 Å². The number of thiazole rings is 1. The number of rotatable bonds is 7. The van der Waals surface area contributed by atoms with E-state index in [1.807, 2.05) is 26.0 Å². The fourth-order valence-electron chi connectivity index (χ4n) is 3.61. The van der Waals surface area contributed by atoms with E-state index in [-0.39, 0.29) is 11.9 Å². The molecule has 2 aromatic heterocycles. The van der Waals surface area contributed by atoms with Crippen molar-refractivity contribution >= 4 is 51.6 Å². The first-order valence-corrected chi connectivity index (χ1v) is 11.4. The maximum Gasteiger partial charge on any atom is 0.267 e. The van der Waals surface area contributed by atoms with Gasteiger partial charge >= 0.3 is 0 Å². The van der Waals surface area contributed by atoms with Gasteiger partial charge in [0.05, 0.1) is 29.6 Å². The predicted molar refractivity (Wildman–Crippen MR) is 126 cm³/mol. The van der Waals surface area contributed by atoms with Crippen LogP contribution in [0, 0.1) is 13.8 Å². The Labute approximate surface area is 195 Å². The minimum atomic E-state index is -0.279. The second-order valence-electron chi connectivity index (χ2n) is 7.49. The summed E-state index contributed by atoms with van der Waals surface area (Å²) in [4.78, 5) is 33.0. The van der Waals surface area contributed by atoms with Crippen molar-refractivity contribution in [2.75, 3.05) is 35.8 Å². The number of nitrogens with zero attached hydrogens (tertiary/aromatic N) is 5. The van der Waals surface area contributed by atoms with Crippen LogP contribution in [0.2, 0.25) is 5.02 Å². The number of anilines is 4. The summed E-state index contributed by atoms with van der Waals surface area (Å²) >= 11 is 7.42. The lowest BCUT2D eigenvalue weighted by atomic mass is 10.2. The first kappa shape index (κ1) is 22.4. The number of halogens is 1. The van der Waals surface area contributed by atoms with Gasteiger partial charge in [0.25, 0.3) is 5.91 Å². The number of benzene rings is 1. The standard InChI is InChI=1S/C21H24ClN7O2S/c1-12-6-4-8-15(22)17(12)26-18(30)16-10-23-21(32-16)28-19-24-13(2)25-20(27-19)29-9-5-7-14(29)11-31-3/h4,6,8,10,14H,5,7,9,11H2,1-3H3,(H,26,30)(H,23,24,25,27,28). The number of hydrogen-bond acceptors (Lipinski definition) is 9. The number of nitrogens with one attached hydrogen (secondary N) is 2. The van der Waals surface area contributed by atoms with Crippen molar-refractivity contribution < 1.29 is 9.53 Å². The molecule has 3 aromatic rings. The number of ether oxygens (including phenoxy) is 1. The highest BCUT2D eigenvalue weighted by Crippen LogP contribution is 2.28. The summed E-state index contributed by atoms with van der Waals surface area (Å²) in [6.07, 6.45) is 3.62. The molecule has 9 nitrogen and oxygen atoms in total. The SMILES string of the molecule is COCC1CCCN1c1nc(C)nc(Nc2ncc(C(=O)Nc3c(C)cccc3Cl)s2)n1. The molecule has 0 spiro atoms. The van der Waals surface area contributed by atoms with Crippen LogP contribution in [0.1, 0.15) is 33.9 Å². The molecule has 1 aromatic carbocycles. The average Bonchev–Trinajstić information content (AvgIpc) is 3.40. The number of para-hydroxylation sites is 1. The first-order valence-electron chi connectivity index (χ1n) is 10.2. The molecule has 0 aliphatic carbocycles. The largest absolute Gasteiger partial charge is 0.383 e. The highest BCUT2D eigenvalue weighted by atomic mass is 35.5. The molecule has 32 heavy (non-hydrogen) atoms. The fraction of sp³-hybridized carbons (Fsp3) is 0.381. The molecule has 1 aliphatic rings. The first-order chi connectivity index (χ1) is 15.4. The Morgan fingerprint density at radius 1 is 1.31 bits per heavy atom. The molecule has 0 bridgehead atoms. The average molecular weight is 474 g/mol. The molecule has 168 valence electrons. The number of aromatic nitrogens is 4. The normalized spacial score (nSPS) is 15.8. The van der Waals surface area contributed by atoms with E-state index in [1.54, 1.807) is 13.2 Å². The van der Waals surface area contributed by atoms with E-state index < -0.39 is 0 Å². The lowest BCUT2D eigenvalue weighted by molar-refractivity contribution is 0.103. The zero-order valence-electron chi connectivity index (χ0n) is 18.1. The summed E-state index contributed by atoms with van der Waals surface area (Å²) < 4.78 is 5.33. The van der Waals surface area contributed by atoms with E-state index in [9.17, 15) is 4.79 Å². The van der Waals surface area contributed by atoms with Gasteiger partial charge in [0, 0.05) is 13.7 Å². The molecule has 4 rings (SSSR count). The topological polar surface area (TPSA) is 105 Å². The molecule has 2 N–H and O–H groups in total. The molecular formula is C21H24ClN7O2S. The Hall–Kier alpha value is -2.82. The van der Waals surface area contributed by atoms with Crippen molar-refractivity contribution in [1.29, 1.82) is 0 Å². The van der Waals surface area contributed by atoms with Crippen molar-refractivity contribution in [2.24, 2.45) is 0 Å². The van der Waals surface area contributed by atoms with Gasteiger partial charge in [0.2, 0.25) is 11.9 Å². The van der Waals surface area contributed by atoms with Gasteiger partial charge < -0.3 is 15.0 Å². The smallest absolute Gasteiger partial charge is 0.267 e. The number of hydrogen-bond donors (Lipinski definition) is 2. The summed E-state index contributed by atoms with van der Waals surface area (Å²) in [7, 11) is 1.70. The summed E-state index contributed by atoms with van der Waals surface area (Å²) in [5.74, 6) is 1.32. The third-order valence-corrected chi connectivity index (χ3v) is 6.36. The molecular weight excluding hydrogens is 450 g/mol. The van der Waals surface area contributed by atoms with E-state index in [0.717, 1.165) is 24.9 Å². The van der Waals surface area contributed by atoms with Gasteiger partial charge in [0.15, 0.2) is 5.13 Å². The molecule has 1 aliphatic heterocycles. The third-order valence-electron chi connectivity index (χ3n) is 5.14. The van der Waals surface area contributed by atoms with Crippen molar-refractivity contribution in [2.45, 2.75) is 32.7 Å². The molecule has 1 fully saturated rings. The Morgan fingerprint density at radius 3 is 2.94 bits per heavy atom. The van der Waals surface area contributed by atoms with E-state index in [1.165, 1.54) is 17.5 Å². The van der Waals surface area contributed by atoms with Gasteiger partial charge in [-0.3, -0.25) is 10.1 Å². The van der Waals surface area contributed by atoms with Crippen LogP contribution in [-0.4, -0.2) is 52.1 Å². The van der Waals surface area contributed by atoms with E-state index in [0.29, 0.717) is 45.0 Å². The highest BCUT2D eigenvalue weighted by molar-refractivity contribution is 7.17. The second kappa shape index (κ2) is 9.76. The van der Waals surface area contributed by atoms with Crippen LogP contribution in [-0.2, 0) is 4.74 Å². The Balaban J connectivity index is 1.49. The number of carbonyl (C=O) groups excluding carboxylic acids is 1. The molecule has 0 saturated carbocycles. The monoisotopic (exact) mass is 473 g/mol. The summed E-state index contributed by atoms with van der Waals surface area (Å²) in [6.45, 7) is 5.22. The maximum atomic E-state index is 12.7. The molecule has 1 atom stereocenters. The molecule has 1 unspecified atom stereocenters. The van der Waals surface area contributed by atoms with Crippen LogP contribution in [0.25, 0.3) is 0 Å². The van der Waals surface area contributed by atoms with Crippen molar-refractivity contribution in [3.05, 3.63) is 45.7 Å². The predicted octanol–water partition coefficient (Wildman–Crippen LogP) is 4.21. The summed E-state index contributed by atoms with van der Waals surface area (Å²) in [6, 6.07) is 5.71. The van der Waals surface area contributed by atoms with Crippen LogP contribution >= 0.6 is 22.9 Å². The Kier molecular flexibility index (Phi) is 6.83. The van der Waals surface area contributed by atoms with Gasteiger partial charge in [-0.2, -0.15) is 15.0 Å². The highest BCUT2D eigenvalue weighted by Gasteiger charge is 2.27. The van der Waals surface area contributed by atoms with E-state index in [2.05, 4.69) is 35.5 Å². The van der Waals surface area contributed by atoms with Crippen LogP contribution in [0.3, 0.4) is 0 Å². The Bertz CT molecular complexity index is 1100. The van der Waals surface area contributed by atoms with E-state index >= 15 is 0 Å². The number of aryl methyl sites for hydroxylation is 2. The minimum Gasteiger partial charge on any atom is -0.383 e. The molecule has 1 saturated heterocycles. The fourth-order valence-corrected chi connectivity index (χ4v) is 4.59. The minimum absolute atomic E-state index is 0.248. The number of amides is 1. The van der Waals surface area contributed by atoms with Gasteiger partial charge in [-0.25, -0.2) is 4.98 Å². The summed E-state index contributed by atoms with van der Waals surface area (Å²) in [5.41, 5.74) is 1.48. The van der Waals surface area contributed by atoms with E-state index in [4.69, 9.17) is 16.3 Å². The van der Waals surface area contributed by atoms with Crippen molar-refractivity contribution in [3.63, 3.8) is 0 Å². The van der Waals surface area contributed by atoms with Crippen LogP contribution in [0.15, 0.2) is 24.4 Å². The molecule has 0 radical (unpaired) electrons. The maximum absolute atomic E-state index is 12.7. The molecule has 3 heterocycles. The third kappa shape index (κ3) is 4.98.